The fraction of sp³-hybridized carbons (Fsp3) is 0.625. The van der Waals surface area contributed by atoms with Crippen molar-refractivity contribution in [3.8, 4) is 5.75 Å². The summed E-state index contributed by atoms with van der Waals surface area (Å²) in [5.41, 5.74) is 1.39. The van der Waals surface area contributed by atoms with Crippen LogP contribution in [0.3, 0.4) is 0 Å². The molecule has 0 bridgehead atoms. The highest BCUT2D eigenvalue weighted by Crippen LogP contribution is 2.34. The first-order chi connectivity index (χ1) is 9.33. The zero-order valence-electron chi connectivity index (χ0n) is 11.3. The van der Waals surface area contributed by atoms with E-state index in [0.29, 0.717) is 0 Å². The van der Waals surface area contributed by atoms with Gasteiger partial charge >= 0.3 is 0 Å². The van der Waals surface area contributed by atoms with Gasteiger partial charge in [0.15, 0.2) is 0 Å². The van der Waals surface area contributed by atoms with Gasteiger partial charge in [-0.25, -0.2) is 0 Å². The van der Waals surface area contributed by atoms with Crippen LogP contribution in [0.15, 0.2) is 22.7 Å². The summed E-state index contributed by atoms with van der Waals surface area (Å²) >= 11 is 3.73. The Morgan fingerprint density at radius 1 is 1.21 bits per heavy atom. The molecule has 1 saturated carbocycles. The Bertz CT molecular complexity index is 425. The molecule has 0 spiro atoms. The lowest BCUT2D eigenvalue weighted by Crippen LogP contribution is -2.30. The Hall–Kier alpha value is -0.540. The van der Waals surface area contributed by atoms with Crippen LogP contribution in [0.4, 0.5) is 0 Å². The van der Waals surface area contributed by atoms with Crippen LogP contribution in [0.25, 0.3) is 0 Å². The molecule has 104 valence electrons. The topological polar surface area (TPSA) is 21.3 Å². The standard InChI is InChI=1S/C16H22BrNO/c17-16-14(9-13-3-2-8-18-10-13)4-1-5-15(16)19-11-12-6-7-12/h1,4-5,12-13,18H,2-3,6-11H2. The average molecular weight is 324 g/mol. The van der Waals surface area contributed by atoms with Crippen LogP contribution in [0, 0.1) is 11.8 Å². The fourth-order valence-electron chi connectivity index (χ4n) is 2.73. The molecule has 1 unspecified atom stereocenters. The second-order valence-corrected chi connectivity index (χ2v) is 6.69. The van der Waals surface area contributed by atoms with Crippen molar-refractivity contribution >= 4 is 15.9 Å². The summed E-state index contributed by atoms with van der Waals surface area (Å²) in [6.45, 7) is 3.22. The van der Waals surface area contributed by atoms with E-state index in [2.05, 4.69) is 39.4 Å². The lowest BCUT2D eigenvalue weighted by atomic mass is 9.92. The molecular weight excluding hydrogens is 302 g/mol. The Kier molecular flexibility index (Phi) is 4.44. The fourth-order valence-corrected chi connectivity index (χ4v) is 3.27. The first kappa shape index (κ1) is 13.4. The molecule has 1 aromatic carbocycles. The average Bonchev–Trinajstić information content (AvgIpc) is 3.25. The van der Waals surface area contributed by atoms with Crippen LogP contribution < -0.4 is 10.1 Å². The third-order valence-corrected chi connectivity index (χ3v) is 5.02. The highest BCUT2D eigenvalue weighted by Gasteiger charge is 2.22. The predicted molar refractivity (Wildman–Crippen MR) is 81.7 cm³/mol. The molecular formula is C16H22BrNO. The van der Waals surface area contributed by atoms with Crippen LogP contribution in [0.1, 0.15) is 31.2 Å². The number of ether oxygens (including phenoxy) is 1. The molecule has 1 aliphatic carbocycles. The van der Waals surface area contributed by atoms with Gasteiger partial charge < -0.3 is 10.1 Å². The van der Waals surface area contributed by atoms with Crippen LogP contribution in [0.5, 0.6) is 5.75 Å². The quantitative estimate of drug-likeness (QED) is 0.890. The van der Waals surface area contributed by atoms with E-state index in [1.807, 2.05) is 0 Å². The number of benzene rings is 1. The van der Waals surface area contributed by atoms with Crippen molar-refractivity contribution in [2.24, 2.45) is 11.8 Å². The molecule has 3 heteroatoms. The van der Waals surface area contributed by atoms with Crippen molar-refractivity contribution < 1.29 is 4.74 Å². The van der Waals surface area contributed by atoms with Gasteiger partial charge in [-0.15, -0.1) is 0 Å². The highest BCUT2D eigenvalue weighted by atomic mass is 79.9. The molecule has 1 heterocycles. The number of nitrogens with one attached hydrogen (secondary N) is 1. The molecule has 1 saturated heterocycles. The predicted octanol–water partition coefficient (Wildman–Crippen LogP) is 3.78. The summed E-state index contributed by atoms with van der Waals surface area (Å²) in [5.74, 6) is 2.59. The van der Waals surface area contributed by atoms with Gasteiger partial charge in [0, 0.05) is 0 Å². The summed E-state index contributed by atoms with van der Waals surface area (Å²) in [6.07, 6.45) is 6.47. The van der Waals surface area contributed by atoms with Gasteiger partial charge in [0.25, 0.3) is 0 Å². The molecule has 2 nitrogen and oxygen atoms in total. The molecule has 1 N–H and O–H groups in total. The molecule has 0 amide bonds. The third kappa shape index (κ3) is 3.73. The Balaban J connectivity index is 1.64. The zero-order valence-corrected chi connectivity index (χ0v) is 12.9. The summed E-state index contributed by atoms with van der Waals surface area (Å²) in [6, 6.07) is 6.43. The van der Waals surface area contributed by atoms with E-state index >= 15 is 0 Å². The van der Waals surface area contributed by atoms with Gasteiger partial charge in [0.1, 0.15) is 5.75 Å². The maximum absolute atomic E-state index is 5.93. The summed E-state index contributed by atoms with van der Waals surface area (Å²) in [5, 5.41) is 3.49. The summed E-state index contributed by atoms with van der Waals surface area (Å²) < 4.78 is 7.10. The monoisotopic (exact) mass is 323 g/mol. The lowest BCUT2D eigenvalue weighted by molar-refractivity contribution is 0.297. The van der Waals surface area contributed by atoms with E-state index in [9.17, 15) is 0 Å². The maximum atomic E-state index is 5.93. The van der Waals surface area contributed by atoms with Gasteiger partial charge in [0.05, 0.1) is 11.1 Å². The minimum absolute atomic E-state index is 0.767. The van der Waals surface area contributed by atoms with Gasteiger partial charge in [-0.3, -0.25) is 0 Å². The van der Waals surface area contributed by atoms with Crippen LogP contribution >= 0.6 is 15.9 Å². The van der Waals surface area contributed by atoms with E-state index in [4.69, 9.17) is 4.74 Å². The number of piperidine rings is 1. The van der Waals surface area contributed by atoms with E-state index in [0.717, 1.165) is 37.2 Å². The Morgan fingerprint density at radius 2 is 2.11 bits per heavy atom. The largest absolute Gasteiger partial charge is 0.492 e. The molecule has 1 aromatic rings. The first-order valence-electron chi connectivity index (χ1n) is 7.44. The molecule has 2 aliphatic rings. The SMILES string of the molecule is Brc1c(CC2CCCNC2)cccc1OCC1CC1. The van der Waals surface area contributed by atoms with E-state index in [1.54, 1.807) is 0 Å². The zero-order chi connectivity index (χ0) is 13.1. The molecule has 0 aromatic heterocycles. The van der Waals surface area contributed by atoms with Crippen molar-refractivity contribution in [3.05, 3.63) is 28.2 Å². The van der Waals surface area contributed by atoms with Crippen molar-refractivity contribution in [2.45, 2.75) is 32.1 Å². The van der Waals surface area contributed by atoms with E-state index in [-0.39, 0.29) is 0 Å². The van der Waals surface area contributed by atoms with Gasteiger partial charge in [-0.05, 0) is 84.6 Å². The lowest BCUT2D eigenvalue weighted by Gasteiger charge is -2.23. The van der Waals surface area contributed by atoms with Crippen LogP contribution in [-0.4, -0.2) is 19.7 Å². The number of rotatable bonds is 5. The van der Waals surface area contributed by atoms with E-state index in [1.165, 1.54) is 42.3 Å². The minimum Gasteiger partial charge on any atom is -0.492 e. The number of hydrogen-bond acceptors (Lipinski definition) is 2. The van der Waals surface area contributed by atoms with Gasteiger partial charge in [0.2, 0.25) is 0 Å². The minimum atomic E-state index is 0.767. The summed E-state index contributed by atoms with van der Waals surface area (Å²) in [4.78, 5) is 0. The maximum Gasteiger partial charge on any atom is 0.133 e. The summed E-state index contributed by atoms with van der Waals surface area (Å²) in [7, 11) is 0. The first-order valence-corrected chi connectivity index (χ1v) is 8.23. The smallest absolute Gasteiger partial charge is 0.133 e. The van der Waals surface area contributed by atoms with Crippen LogP contribution in [-0.2, 0) is 6.42 Å². The Labute approximate surface area is 124 Å². The molecule has 2 fully saturated rings. The van der Waals surface area contributed by atoms with Gasteiger partial charge in [-0.1, -0.05) is 12.1 Å². The highest BCUT2D eigenvalue weighted by molar-refractivity contribution is 9.10. The second kappa shape index (κ2) is 6.27. The molecule has 1 atom stereocenters. The van der Waals surface area contributed by atoms with Crippen molar-refractivity contribution in [3.63, 3.8) is 0 Å². The third-order valence-electron chi connectivity index (χ3n) is 4.12. The van der Waals surface area contributed by atoms with Crippen molar-refractivity contribution in [2.75, 3.05) is 19.7 Å². The van der Waals surface area contributed by atoms with Crippen molar-refractivity contribution in [1.29, 1.82) is 0 Å². The molecule has 1 aliphatic heterocycles. The normalized spacial score (nSPS) is 23.3. The van der Waals surface area contributed by atoms with Crippen LogP contribution in [0.2, 0.25) is 0 Å². The molecule has 0 radical (unpaired) electrons. The Morgan fingerprint density at radius 3 is 2.84 bits per heavy atom. The van der Waals surface area contributed by atoms with Gasteiger partial charge in [-0.2, -0.15) is 0 Å². The second-order valence-electron chi connectivity index (χ2n) is 5.90. The number of hydrogen-bond donors (Lipinski definition) is 1. The molecule has 19 heavy (non-hydrogen) atoms. The van der Waals surface area contributed by atoms with Crippen molar-refractivity contribution in [1.82, 2.24) is 5.32 Å². The number of halogens is 1. The van der Waals surface area contributed by atoms with E-state index < -0.39 is 0 Å². The molecule has 3 rings (SSSR count).